The van der Waals surface area contributed by atoms with E-state index in [1.165, 1.54) is 0 Å². The molecule has 0 aliphatic carbocycles. The Morgan fingerprint density at radius 1 is 1.39 bits per heavy atom. The molecule has 1 amide bonds. The fourth-order valence-corrected chi connectivity index (χ4v) is 1.61. The number of amides is 1. The van der Waals surface area contributed by atoms with Crippen molar-refractivity contribution in [3.05, 3.63) is 0 Å². The summed E-state index contributed by atoms with van der Waals surface area (Å²) in [5.41, 5.74) is 0.0884. The predicted molar refractivity (Wildman–Crippen MR) is 72.4 cm³/mol. The zero-order chi connectivity index (χ0) is 14.2. The van der Waals surface area contributed by atoms with E-state index in [1.807, 2.05) is 0 Å². The van der Waals surface area contributed by atoms with Gasteiger partial charge < -0.3 is 20.5 Å². The summed E-state index contributed by atoms with van der Waals surface area (Å²) in [5.74, 6) is -0.0741. The molecule has 0 fully saturated rings. The van der Waals surface area contributed by atoms with Crippen LogP contribution in [0.3, 0.4) is 0 Å². The zero-order valence-corrected chi connectivity index (χ0v) is 12.2. The number of nitrogens with one attached hydrogen (secondary N) is 2. The lowest BCUT2D eigenvalue weighted by Crippen LogP contribution is -2.45. The third kappa shape index (κ3) is 9.39. The molecule has 5 nitrogen and oxygen atoms in total. The van der Waals surface area contributed by atoms with Crippen LogP contribution in [0.2, 0.25) is 0 Å². The first-order valence-electron chi connectivity index (χ1n) is 6.44. The topological polar surface area (TPSA) is 70.6 Å². The monoisotopic (exact) mass is 260 g/mol. The van der Waals surface area contributed by atoms with Crippen LogP contribution in [0.25, 0.3) is 0 Å². The molecule has 0 saturated heterocycles. The second kappa shape index (κ2) is 8.45. The number of carbonyl (C=O) groups excluding carboxylic acids is 1. The summed E-state index contributed by atoms with van der Waals surface area (Å²) in [6.07, 6.45) is 0.275. The van der Waals surface area contributed by atoms with Gasteiger partial charge in [-0.25, -0.2) is 0 Å². The van der Waals surface area contributed by atoms with Crippen LogP contribution < -0.4 is 10.6 Å². The van der Waals surface area contributed by atoms with Crippen molar-refractivity contribution in [3.63, 3.8) is 0 Å². The fraction of sp³-hybridized carbons (Fsp3) is 0.923. The van der Waals surface area contributed by atoms with Crippen LogP contribution in [-0.2, 0) is 9.53 Å². The van der Waals surface area contributed by atoms with E-state index in [2.05, 4.69) is 31.4 Å². The van der Waals surface area contributed by atoms with Gasteiger partial charge in [0.2, 0.25) is 5.91 Å². The Hall–Kier alpha value is -0.650. The summed E-state index contributed by atoms with van der Waals surface area (Å²) in [6, 6.07) is -0.309. The molecule has 3 N–H and O–H groups in total. The van der Waals surface area contributed by atoms with Crippen molar-refractivity contribution < 1.29 is 14.6 Å². The summed E-state index contributed by atoms with van der Waals surface area (Å²) >= 11 is 0. The van der Waals surface area contributed by atoms with Crippen molar-refractivity contribution in [2.45, 2.75) is 46.3 Å². The number of aliphatic hydroxyl groups excluding tert-OH is 1. The van der Waals surface area contributed by atoms with Crippen LogP contribution in [0.5, 0.6) is 0 Å². The third-order valence-corrected chi connectivity index (χ3v) is 2.51. The average Bonchev–Trinajstić information content (AvgIpc) is 2.23. The number of methoxy groups -OCH3 is 1. The summed E-state index contributed by atoms with van der Waals surface area (Å²) in [6.45, 7) is 9.46. The summed E-state index contributed by atoms with van der Waals surface area (Å²) in [4.78, 5) is 11.6. The maximum absolute atomic E-state index is 11.6. The van der Waals surface area contributed by atoms with Crippen molar-refractivity contribution in [2.24, 2.45) is 5.41 Å². The first-order chi connectivity index (χ1) is 8.26. The van der Waals surface area contributed by atoms with Gasteiger partial charge in [-0.2, -0.15) is 0 Å². The molecule has 2 unspecified atom stereocenters. The molecular weight excluding hydrogens is 232 g/mol. The second-order valence-corrected chi connectivity index (χ2v) is 5.83. The average molecular weight is 260 g/mol. The molecule has 0 aliphatic rings. The van der Waals surface area contributed by atoms with E-state index in [4.69, 9.17) is 4.74 Å². The number of carbonyl (C=O) groups is 1. The van der Waals surface area contributed by atoms with Gasteiger partial charge in [0.1, 0.15) is 0 Å². The van der Waals surface area contributed by atoms with Crippen molar-refractivity contribution in [2.75, 3.05) is 26.8 Å². The third-order valence-electron chi connectivity index (χ3n) is 2.51. The highest BCUT2D eigenvalue weighted by molar-refractivity contribution is 5.81. The minimum atomic E-state index is -0.431. The molecule has 0 aliphatic heterocycles. The van der Waals surface area contributed by atoms with Gasteiger partial charge in [-0.3, -0.25) is 4.79 Å². The molecule has 0 aromatic heterocycles. The van der Waals surface area contributed by atoms with Gasteiger partial charge in [0.25, 0.3) is 0 Å². The van der Waals surface area contributed by atoms with E-state index in [0.717, 1.165) is 0 Å². The molecule has 0 aromatic rings. The van der Waals surface area contributed by atoms with Crippen molar-refractivity contribution in [3.8, 4) is 0 Å². The second-order valence-electron chi connectivity index (χ2n) is 5.83. The molecular formula is C13H28N2O3. The highest BCUT2D eigenvalue weighted by atomic mass is 16.5. The first kappa shape index (κ1) is 17.4. The van der Waals surface area contributed by atoms with Crippen LogP contribution in [-0.4, -0.2) is 50.0 Å². The van der Waals surface area contributed by atoms with Gasteiger partial charge in [-0.15, -0.1) is 0 Å². The summed E-state index contributed by atoms with van der Waals surface area (Å²) in [7, 11) is 1.59. The van der Waals surface area contributed by atoms with Crippen LogP contribution in [0.1, 0.15) is 34.1 Å². The Labute approximate surface area is 110 Å². The van der Waals surface area contributed by atoms with E-state index in [-0.39, 0.29) is 17.4 Å². The number of rotatable bonds is 8. The standard InChI is InChI=1S/C13H28N2O3/c1-10(12(17)14-6-7-18-5)15-9-11(16)8-13(2,3)4/h10-11,15-16H,6-9H2,1-5H3,(H,14,17). The van der Waals surface area contributed by atoms with Crippen LogP contribution in [0, 0.1) is 5.41 Å². The molecule has 0 heterocycles. The fourth-order valence-electron chi connectivity index (χ4n) is 1.61. The van der Waals surface area contributed by atoms with Gasteiger partial charge in [0, 0.05) is 20.2 Å². The Balaban J connectivity index is 3.81. The van der Waals surface area contributed by atoms with Gasteiger partial charge in [0.15, 0.2) is 0 Å². The normalized spacial score (nSPS) is 15.2. The van der Waals surface area contributed by atoms with E-state index in [9.17, 15) is 9.90 Å². The van der Waals surface area contributed by atoms with Gasteiger partial charge >= 0.3 is 0 Å². The summed E-state index contributed by atoms with van der Waals surface area (Å²) < 4.78 is 4.85. The molecule has 108 valence electrons. The van der Waals surface area contributed by atoms with Crippen LogP contribution >= 0.6 is 0 Å². The van der Waals surface area contributed by atoms with Crippen molar-refractivity contribution >= 4 is 5.91 Å². The molecule has 0 bridgehead atoms. The molecule has 18 heavy (non-hydrogen) atoms. The lowest BCUT2D eigenvalue weighted by molar-refractivity contribution is -0.123. The quantitative estimate of drug-likeness (QED) is 0.557. The highest BCUT2D eigenvalue weighted by Crippen LogP contribution is 2.20. The molecule has 0 spiro atoms. The molecule has 5 heteroatoms. The van der Waals surface area contributed by atoms with E-state index >= 15 is 0 Å². The number of aliphatic hydroxyl groups is 1. The van der Waals surface area contributed by atoms with Crippen molar-refractivity contribution in [1.29, 1.82) is 0 Å². The van der Waals surface area contributed by atoms with E-state index in [1.54, 1.807) is 14.0 Å². The minimum Gasteiger partial charge on any atom is -0.392 e. The zero-order valence-electron chi connectivity index (χ0n) is 12.2. The van der Waals surface area contributed by atoms with Crippen molar-refractivity contribution in [1.82, 2.24) is 10.6 Å². The Kier molecular flexibility index (Phi) is 8.15. The maximum atomic E-state index is 11.6. The van der Waals surface area contributed by atoms with Crippen LogP contribution in [0.4, 0.5) is 0 Å². The number of hydrogen-bond acceptors (Lipinski definition) is 4. The Morgan fingerprint density at radius 2 is 2.00 bits per heavy atom. The number of ether oxygens (including phenoxy) is 1. The molecule has 0 saturated carbocycles. The van der Waals surface area contributed by atoms with Gasteiger partial charge in [-0.1, -0.05) is 20.8 Å². The minimum absolute atomic E-state index is 0.0741. The predicted octanol–water partition coefficient (Wildman–Crippen LogP) is 0.524. The first-order valence-corrected chi connectivity index (χ1v) is 6.44. The lowest BCUT2D eigenvalue weighted by atomic mass is 9.89. The Bertz CT molecular complexity index is 239. The number of hydrogen-bond donors (Lipinski definition) is 3. The molecule has 0 rings (SSSR count). The molecule has 0 aromatic carbocycles. The highest BCUT2D eigenvalue weighted by Gasteiger charge is 2.18. The largest absolute Gasteiger partial charge is 0.392 e. The molecule has 2 atom stereocenters. The maximum Gasteiger partial charge on any atom is 0.236 e. The Morgan fingerprint density at radius 3 is 2.50 bits per heavy atom. The van der Waals surface area contributed by atoms with E-state index in [0.29, 0.717) is 26.1 Å². The SMILES string of the molecule is COCCNC(=O)C(C)NCC(O)CC(C)(C)C. The van der Waals surface area contributed by atoms with Gasteiger partial charge in [-0.05, 0) is 18.8 Å². The summed E-state index contributed by atoms with van der Waals surface area (Å²) in [5, 5.41) is 15.6. The molecule has 0 radical (unpaired) electrons. The van der Waals surface area contributed by atoms with Gasteiger partial charge in [0.05, 0.1) is 18.8 Å². The lowest BCUT2D eigenvalue weighted by Gasteiger charge is -2.23. The van der Waals surface area contributed by atoms with Crippen LogP contribution in [0.15, 0.2) is 0 Å². The smallest absolute Gasteiger partial charge is 0.236 e. The van der Waals surface area contributed by atoms with E-state index < -0.39 is 6.10 Å².